The summed E-state index contributed by atoms with van der Waals surface area (Å²) in [5.74, 6) is 0.151. The lowest BCUT2D eigenvalue weighted by atomic mass is 9.96. The van der Waals surface area contributed by atoms with Gasteiger partial charge in [-0.15, -0.1) is 0 Å². The monoisotopic (exact) mass is 592 g/mol. The highest BCUT2D eigenvalue weighted by Gasteiger charge is 2.53. The first kappa shape index (κ1) is 26.4. The Labute approximate surface area is 246 Å². The molecule has 3 aliphatic rings. The molecule has 1 aromatic carbocycles. The van der Waals surface area contributed by atoms with Crippen LogP contribution in [0.2, 0.25) is 10.0 Å². The molecule has 2 saturated heterocycles. The lowest BCUT2D eigenvalue weighted by Gasteiger charge is -2.41. The molecule has 1 saturated carbocycles. The van der Waals surface area contributed by atoms with Crippen LogP contribution in [0.15, 0.2) is 36.7 Å². The first-order valence-electron chi connectivity index (χ1n) is 13.8. The molecule has 3 fully saturated rings. The van der Waals surface area contributed by atoms with Gasteiger partial charge >= 0.3 is 0 Å². The molecule has 2 atom stereocenters. The zero-order chi connectivity index (χ0) is 28.3. The highest BCUT2D eigenvalue weighted by molar-refractivity contribution is 6.35. The van der Waals surface area contributed by atoms with Gasteiger partial charge in [-0.1, -0.05) is 23.2 Å². The number of hydrogen-bond donors (Lipinski definition) is 0. The van der Waals surface area contributed by atoms with Crippen molar-refractivity contribution in [3.8, 4) is 23.2 Å². The predicted octanol–water partition coefficient (Wildman–Crippen LogP) is 7.25. The summed E-state index contributed by atoms with van der Waals surface area (Å²) in [6, 6.07) is 8.94. The second-order valence-corrected chi connectivity index (χ2v) is 12.0. The summed E-state index contributed by atoms with van der Waals surface area (Å²) < 4.78 is 29.5. The van der Waals surface area contributed by atoms with Crippen LogP contribution < -0.4 is 9.64 Å². The lowest BCUT2D eigenvalue weighted by Crippen LogP contribution is -2.49. The van der Waals surface area contributed by atoms with Crippen molar-refractivity contribution < 1.29 is 13.9 Å². The lowest BCUT2D eigenvalue weighted by molar-refractivity contribution is -0.0365. The van der Waals surface area contributed by atoms with Crippen molar-refractivity contribution in [2.24, 2.45) is 5.41 Å². The molecule has 2 aliphatic heterocycles. The van der Waals surface area contributed by atoms with Crippen LogP contribution in [-0.4, -0.2) is 39.4 Å². The molecule has 5 heterocycles. The van der Waals surface area contributed by atoms with Gasteiger partial charge in [-0.2, -0.15) is 10.4 Å². The fourth-order valence-corrected chi connectivity index (χ4v) is 6.60. The average molecular weight is 593 g/mol. The highest BCUT2D eigenvalue weighted by Crippen LogP contribution is 2.54. The first-order chi connectivity index (χ1) is 19.9. The second kappa shape index (κ2) is 10.1. The van der Waals surface area contributed by atoms with Crippen molar-refractivity contribution in [2.45, 2.75) is 51.4 Å². The number of ether oxygens (including phenoxy) is 2. The number of rotatable bonds is 6. The number of anilines is 1. The normalized spacial score (nSPS) is 20.1. The van der Waals surface area contributed by atoms with E-state index in [-0.39, 0.29) is 12.0 Å². The minimum Gasteiger partial charge on any atom is -0.483 e. The van der Waals surface area contributed by atoms with Crippen LogP contribution in [-0.2, 0) is 4.74 Å². The molecular formula is C30H27Cl2FN6O2. The molecule has 1 spiro atoms. The van der Waals surface area contributed by atoms with Crippen LogP contribution in [0.4, 0.5) is 10.2 Å². The van der Waals surface area contributed by atoms with Gasteiger partial charge < -0.3 is 14.4 Å². The zero-order valence-corrected chi connectivity index (χ0v) is 23.9. The van der Waals surface area contributed by atoms with Crippen LogP contribution in [0, 0.1) is 22.6 Å². The molecule has 0 radical (unpaired) electrons. The third kappa shape index (κ3) is 4.68. The summed E-state index contributed by atoms with van der Waals surface area (Å²) in [7, 11) is 0. The number of nitriles is 1. The molecule has 0 bridgehead atoms. The molecule has 1 unspecified atom stereocenters. The maximum atomic E-state index is 15.6. The zero-order valence-electron chi connectivity index (χ0n) is 22.4. The number of nitrogens with zero attached hydrogens (tertiary/aromatic N) is 6. The molecule has 11 heteroatoms. The summed E-state index contributed by atoms with van der Waals surface area (Å²) in [6.45, 7) is 4.19. The summed E-state index contributed by atoms with van der Waals surface area (Å²) in [5.41, 5.74) is 3.20. The molecule has 4 aromatic rings. The van der Waals surface area contributed by atoms with Crippen molar-refractivity contribution in [3.05, 3.63) is 63.6 Å². The molecule has 0 amide bonds. The number of hydrogen-bond acceptors (Lipinski definition) is 7. The van der Waals surface area contributed by atoms with E-state index in [9.17, 15) is 5.26 Å². The van der Waals surface area contributed by atoms with Gasteiger partial charge in [-0.25, -0.2) is 14.1 Å². The van der Waals surface area contributed by atoms with Crippen LogP contribution >= 0.6 is 23.2 Å². The Balaban J connectivity index is 1.33. The summed E-state index contributed by atoms with van der Waals surface area (Å²) in [6.07, 6.45) is 7.19. The fraction of sp³-hybridized carbons (Fsp3) is 0.400. The molecule has 7 rings (SSSR count). The summed E-state index contributed by atoms with van der Waals surface area (Å²) in [5, 5.41) is 16.1. The maximum Gasteiger partial charge on any atom is 0.167 e. The third-order valence-corrected chi connectivity index (χ3v) is 8.94. The second-order valence-electron chi connectivity index (χ2n) is 11.2. The number of halogens is 3. The van der Waals surface area contributed by atoms with E-state index in [4.69, 9.17) is 42.8 Å². The molecule has 0 N–H and O–H groups in total. The topological polar surface area (TPSA) is 89.1 Å². The van der Waals surface area contributed by atoms with Gasteiger partial charge in [0.05, 0.1) is 26.8 Å². The van der Waals surface area contributed by atoms with E-state index in [1.807, 2.05) is 0 Å². The van der Waals surface area contributed by atoms with Crippen molar-refractivity contribution in [1.29, 1.82) is 5.26 Å². The SMILES string of the molecule is C[C@@H](Oc1cc2c(-c3ccc(C#N)c(N4CC5(CC5)C4)n3)nn(C3CCCCO3)c2cc1F)c1c(Cl)cncc1Cl. The standard InChI is InChI=1S/C30H27Cl2FN6O2/c1-17(27-20(31)13-35-14-21(27)32)41-25-10-19-24(11-22(25)33)39(26-4-2-3-9-40-26)37-28(19)23-6-5-18(12-34)29(36-23)38-15-30(16-38)7-8-30/h5-6,10-11,13-14,17,26H,2-4,7-9,15-16H2,1H3/t17-,26?/m1/s1. The van der Waals surface area contributed by atoms with Crippen molar-refractivity contribution in [1.82, 2.24) is 19.7 Å². The largest absolute Gasteiger partial charge is 0.483 e. The quantitative estimate of drug-likeness (QED) is 0.233. The molecule has 41 heavy (non-hydrogen) atoms. The smallest absolute Gasteiger partial charge is 0.167 e. The van der Waals surface area contributed by atoms with E-state index in [0.717, 1.165) is 32.4 Å². The Morgan fingerprint density at radius 2 is 1.95 bits per heavy atom. The van der Waals surface area contributed by atoms with Crippen LogP contribution in [0.3, 0.4) is 0 Å². The Hall–Kier alpha value is -3.45. The minimum atomic E-state index is -0.647. The van der Waals surface area contributed by atoms with E-state index in [0.29, 0.717) is 61.3 Å². The highest BCUT2D eigenvalue weighted by atomic mass is 35.5. The number of aromatic nitrogens is 4. The van der Waals surface area contributed by atoms with Gasteiger partial charge in [0.1, 0.15) is 23.7 Å². The fourth-order valence-electron chi connectivity index (χ4n) is 5.93. The molecule has 3 aromatic heterocycles. The van der Waals surface area contributed by atoms with E-state index < -0.39 is 11.9 Å². The predicted molar refractivity (Wildman–Crippen MR) is 154 cm³/mol. The molecule has 210 valence electrons. The van der Waals surface area contributed by atoms with E-state index >= 15 is 4.39 Å². The van der Waals surface area contributed by atoms with Crippen molar-refractivity contribution in [2.75, 3.05) is 24.6 Å². The molecule has 1 aliphatic carbocycles. The minimum absolute atomic E-state index is 0.0339. The van der Waals surface area contributed by atoms with Gasteiger partial charge in [0.15, 0.2) is 17.8 Å². The number of benzene rings is 1. The Morgan fingerprint density at radius 3 is 2.63 bits per heavy atom. The van der Waals surface area contributed by atoms with Crippen LogP contribution in [0.25, 0.3) is 22.3 Å². The van der Waals surface area contributed by atoms with Crippen molar-refractivity contribution in [3.63, 3.8) is 0 Å². The first-order valence-corrected chi connectivity index (χ1v) is 14.6. The Morgan fingerprint density at radius 1 is 1.17 bits per heavy atom. The van der Waals surface area contributed by atoms with Gasteiger partial charge in [0.25, 0.3) is 0 Å². The van der Waals surface area contributed by atoms with Crippen LogP contribution in [0.1, 0.15) is 62.5 Å². The van der Waals surface area contributed by atoms with E-state index in [2.05, 4.69) is 16.0 Å². The third-order valence-electron chi connectivity index (χ3n) is 8.34. The molecule has 8 nitrogen and oxygen atoms in total. The number of pyridine rings is 2. The van der Waals surface area contributed by atoms with E-state index in [1.54, 1.807) is 29.8 Å². The van der Waals surface area contributed by atoms with Crippen LogP contribution in [0.5, 0.6) is 5.75 Å². The van der Waals surface area contributed by atoms with Crippen molar-refractivity contribution >= 4 is 39.9 Å². The molecular weight excluding hydrogens is 566 g/mol. The van der Waals surface area contributed by atoms with Gasteiger partial charge in [0.2, 0.25) is 0 Å². The maximum absolute atomic E-state index is 15.6. The Kier molecular flexibility index (Phi) is 6.53. The van der Waals surface area contributed by atoms with Gasteiger partial charge in [-0.3, -0.25) is 4.98 Å². The number of fused-ring (bicyclic) bond motifs is 1. The summed E-state index contributed by atoms with van der Waals surface area (Å²) >= 11 is 12.7. The van der Waals surface area contributed by atoms with Gasteiger partial charge in [-0.05, 0) is 57.2 Å². The summed E-state index contributed by atoms with van der Waals surface area (Å²) in [4.78, 5) is 11.1. The average Bonchev–Trinajstić information content (AvgIpc) is 3.68. The van der Waals surface area contributed by atoms with E-state index in [1.165, 1.54) is 31.3 Å². The Bertz CT molecular complexity index is 1680. The van der Waals surface area contributed by atoms with Gasteiger partial charge in [0, 0.05) is 54.5 Å².